The molecule has 0 spiro atoms. The van der Waals surface area contributed by atoms with Crippen molar-refractivity contribution < 1.29 is 23.9 Å². The van der Waals surface area contributed by atoms with Crippen molar-refractivity contribution in [3.8, 4) is 34.5 Å². The van der Waals surface area contributed by atoms with E-state index in [0.29, 0.717) is 25.1 Å². The predicted octanol–water partition coefficient (Wildman–Crippen LogP) is 2.80. The fourth-order valence-electron chi connectivity index (χ4n) is 7.22. The van der Waals surface area contributed by atoms with Crippen LogP contribution in [0, 0.1) is 17.8 Å². The maximum Gasteiger partial charge on any atom is 0.255 e. The molecular weight excluding hydrogens is 584 g/mol. The standard InChI is InChI=1S/C36H36N4O6/c1-38-19-28(26-5-4-6-27(26)35(38)43)23-14-31(45-2)29(32(15-23)46-3)20-39-16-22(17-39)8-7-21-9-10-25-24(13-21)18-40(36(25)44)30-11-12-33(41)37-34(30)42/h9-10,13-15,19,22,30H,4-6,11-12,16-18,20H2,1-3H3,(H,37,41,42). The number of aromatic nitrogens is 1. The van der Waals surface area contributed by atoms with Crippen LogP contribution in [-0.4, -0.2) is 65.4 Å². The highest BCUT2D eigenvalue weighted by Gasteiger charge is 2.39. The Balaban J connectivity index is 1.02. The summed E-state index contributed by atoms with van der Waals surface area (Å²) in [7, 11) is 5.15. The van der Waals surface area contributed by atoms with Crippen LogP contribution in [0.1, 0.15) is 57.4 Å². The molecule has 1 atom stereocenters. The van der Waals surface area contributed by atoms with Crippen molar-refractivity contribution in [1.29, 1.82) is 0 Å². The van der Waals surface area contributed by atoms with E-state index in [9.17, 15) is 19.2 Å². The van der Waals surface area contributed by atoms with Crippen LogP contribution in [0.25, 0.3) is 11.1 Å². The van der Waals surface area contributed by atoms with Crippen LogP contribution in [-0.2, 0) is 42.6 Å². The van der Waals surface area contributed by atoms with E-state index in [1.807, 2.05) is 30.5 Å². The lowest BCUT2D eigenvalue weighted by Gasteiger charge is -2.37. The molecule has 2 fully saturated rings. The number of carbonyl (C=O) groups excluding carboxylic acids is 3. The first-order valence-corrected chi connectivity index (χ1v) is 15.7. The number of hydrogen-bond donors (Lipinski definition) is 1. The fourth-order valence-corrected chi connectivity index (χ4v) is 7.22. The van der Waals surface area contributed by atoms with Crippen molar-refractivity contribution in [2.75, 3.05) is 27.3 Å². The van der Waals surface area contributed by atoms with Gasteiger partial charge in [-0.1, -0.05) is 11.8 Å². The summed E-state index contributed by atoms with van der Waals surface area (Å²) < 4.78 is 13.4. The number of piperidine rings is 1. The van der Waals surface area contributed by atoms with E-state index in [4.69, 9.17) is 9.47 Å². The van der Waals surface area contributed by atoms with Crippen molar-refractivity contribution in [2.24, 2.45) is 13.0 Å². The van der Waals surface area contributed by atoms with Gasteiger partial charge in [-0.15, -0.1) is 0 Å². The Labute approximate surface area is 267 Å². The summed E-state index contributed by atoms with van der Waals surface area (Å²) in [4.78, 5) is 53.4. The second kappa shape index (κ2) is 11.8. The second-order valence-electron chi connectivity index (χ2n) is 12.6. The highest BCUT2D eigenvalue weighted by molar-refractivity contribution is 6.05. The van der Waals surface area contributed by atoms with Crippen molar-refractivity contribution in [3.63, 3.8) is 0 Å². The van der Waals surface area contributed by atoms with Crippen molar-refractivity contribution >= 4 is 17.7 Å². The first kappa shape index (κ1) is 29.8. The number of methoxy groups -OCH3 is 2. The third-order valence-electron chi connectivity index (χ3n) is 9.65. The molecule has 4 heterocycles. The van der Waals surface area contributed by atoms with Crippen LogP contribution >= 0.6 is 0 Å². The molecule has 4 aliphatic rings. The van der Waals surface area contributed by atoms with Crippen molar-refractivity contribution in [1.82, 2.24) is 19.7 Å². The molecule has 2 saturated heterocycles. The van der Waals surface area contributed by atoms with E-state index >= 15 is 0 Å². The number of nitrogens with zero attached hydrogens (tertiary/aromatic N) is 3. The van der Waals surface area contributed by atoms with Crippen LogP contribution in [0.4, 0.5) is 0 Å². The molecule has 1 aromatic heterocycles. The SMILES string of the molecule is COc1cc(-c2cn(C)c(=O)c3c2CCC3)cc(OC)c1CN1CC(C#Cc2ccc3c(c2)CN(C2CCC(=O)NC2=O)C3=O)C1. The van der Waals surface area contributed by atoms with E-state index in [1.165, 1.54) is 0 Å². The number of imide groups is 1. The Bertz CT molecular complexity index is 1890. The number of carbonyl (C=O) groups is 3. The maximum atomic E-state index is 13.0. The Morgan fingerprint density at radius 2 is 1.67 bits per heavy atom. The third kappa shape index (κ3) is 5.24. The summed E-state index contributed by atoms with van der Waals surface area (Å²) in [6.07, 6.45) is 5.20. The highest BCUT2D eigenvalue weighted by Crippen LogP contribution is 2.39. The van der Waals surface area contributed by atoms with E-state index in [2.05, 4.69) is 22.1 Å². The fraction of sp³-hybridized carbons (Fsp3) is 0.389. The topological polar surface area (TPSA) is 110 Å². The molecule has 1 aliphatic carbocycles. The number of nitrogens with one attached hydrogen (secondary N) is 1. The van der Waals surface area contributed by atoms with Crippen LogP contribution in [0.2, 0.25) is 0 Å². The minimum Gasteiger partial charge on any atom is -0.496 e. The van der Waals surface area contributed by atoms with Gasteiger partial charge in [0.15, 0.2) is 0 Å². The number of ether oxygens (including phenoxy) is 2. The summed E-state index contributed by atoms with van der Waals surface area (Å²) in [6, 6.07) is 9.04. The largest absolute Gasteiger partial charge is 0.496 e. The molecule has 3 amide bonds. The second-order valence-corrected chi connectivity index (χ2v) is 12.6. The zero-order valence-electron chi connectivity index (χ0n) is 26.3. The van der Waals surface area contributed by atoms with Gasteiger partial charge in [0.1, 0.15) is 17.5 Å². The summed E-state index contributed by atoms with van der Waals surface area (Å²) in [5.41, 5.74) is 7.41. The molecule has 3 aromatic rings. The maximum absolute atomic E-state index is 13.0. The highest BCUT2D eigenvalue weighted by atomic mass is 16.5. The van der Waals surface area contributed by atoms with Gasteiger partial charge in [0.25, 0.3) is 11.5 Å². The molecule has 1 N–H and O–H groups in total. The van der Waals surface area contributed by atoms with Gasteiger partial charge in [-0.05, 0) is 72.7 Å². The van der Waals surface area contributed by atoms with Gasteiger partial charge in [0.05, 0.1) is 19.8 Å². The number of likely N-dealkylation sites (tertiary alicyclic amines) is 1. The molecule has 10 heteroatoms. The van der Waals surface area contributed by atoms with Crippen LogP contribution in [0.5, 0.6) is 11.5 Å². The first-order valence-electron chi connectivity index (χ1n) is 15.7. The molecule has 2 aromatic carbocycles. The summed E-state index contributed by atoms with van der Waals surface area (Å²) >= 11 is 0. The average molecular weight is 621 g/mol. The molecule has 7 rings (SSSR count). The van der Waals surface area contributed by atoms with E-state index in [-0.39, 0.29) is 29.7 Å². The molecular formula is C36H36N4O6. The Morgan fingerprint density at radius 3 is 2.39 bits per heavy atom. The third-order valence-corrected chi connectivity index (χ3v) is 9.65. The molecule has 10 nitrogen and oxygen atoms in total. The lowest BCUT2D eigenvalue weighted by Crippen LogP contribution is -2.52. The van der Waals surface area contributed by atoms with Gasteiger partial charge in [-0.25, -0.2) is 0 Å². The Morgan fingerprint density at radius 1 is 0.935 bits per heavy atom. The van der Waals surface area contributed by atoms with E-state index in [0.717, 1.165) is 82.8 Å². The van der Waals surface area contributed by atoms with Crippen molar-refractivity contribution in [2.45, 2.75) is 51.2 Å². The van der Waals surface area contributed by atoms with Gasteiger partial charge in [0.2, 0.25) is 11.8 Å². The number of hydrogen-bond acceptors (Lipinski definition) is 7. The Kier molecular flexibility index (Phi) is 7.65. The monoisotopic (exact) mass is 620 g/mol. The van der Waals surface area contributed by atoms with Gasteiger partial charge >= 0.3 is 0 Å². The first-order chi connectivity index (χ1) is 22.2. The summed E-state index contributed by atoms with van der Waals surface area (Å²) in [6.45, 7) is 2.61. The summed E-state index contributed by atoms with van der Waals surface area (Å²) in [5.74, 6) is 7.48. The van der Waals surface area contributed by atoms with Crippen LogP contribution < -0.4 is 20.3 Å². The molecule has 0 radical (unpaired) electrons. The molecule has 46 heavy (non-hydrogen) atoms. The lowest BCUT2D eigenvalue weighted by atomic mass is 9.95. The number of benzene rings is 2. The van der Waals surface area contributed by atoms with Gasteiger partial charge in [-0.3, -0.25) is 29.4 Å². The molecule has 236 valence electrons. The van der Waals surface area contributed by atoms with Crippen LogP contribution in [0.3, 0.4) is 0 Å². The minimum atomic E-state index is -0.629. The van der Waals surface area contributed by atoms with Gasteiger partial charge in [0, 0.05) is 74.0 Å². The Hall–Kier alpha value is -4.88. The number of pyridine rings is 1. The predicted molar refractivity (Wildman–Crippen MR) is 170 cm³/mol. The molecule has 0 bridgehead atoms. The van der Waals surface area contributed by atoms with Crippen molar-refractivity contribution in [3.05, 3.63) is 80.3 Å². The summed E-state index contributed by atoms with van der Waals surface area (Å²) in [5, 5.41) is 2.34. The molecule has 0 saturated carbocycles. The van der Waals surface area contributed by atoms with Gasteiger partial charge < -0.3 is 18.9 Å². The van der Waals surface area contributed by atoms with Gasteiger partial charge in [-0.2, -0.15) is 0 Å². The molecule has 3 aliphatic heterocycles. The zero-order chi connectivity index (χ0) is 32.1. The number of aryl methyl sites for hydroxylation is 1. The zero-order valence-corrected chi connectivity index (χ0v) is 26.3. The lowest BCUT2D eigenvalue weighted by molar-refractivity contribution is -0.136. The normalized spacial score (nSPS) is 19.2. The average Bonchev–Trinajstić information content (AvgIpc) is 3.65. The van der Waals surface area contributed by atoms with E-state index < -0.39 is 11.9 Å². The van der Waals surface area contributed by atoms with Crippen LogP contribution in [0.15, 0.2) is 41.3 Å². The molecule has 1 unspecified atom stereocenters. The smallest absolute Gasteiger partial charge is 0.255 e. The quantitative estimate of drug-likeness (QED) is 0.334. The number of amides is 3. The minimum absolute atomic E-state index is 0.0879. The number of rotatable bonds is 6. The number of fused-ring (bicyclic) bond motifs is 2. The van der Waals surface area contributed by atoms with E-state index in [1.54, 1.807) is 36.8 Å².